The van der Waals surface area contributed by atoms with E-state index in [0.29, 0.717) is 43.3 Å². The van der Waals surface area contributed by atoms with Gasteiger partial charge >= 0.3 is 0 Å². The van der Waals surface area contributed by atoms with Gasteiger partial charge in [0.25, 0.3) is 0 Å². The lowest BCUT2D eigenvalue weighted by Gasteiger charge is -2.33. The number of likely N-dealkylation sites (N-methyl/N-ethyl adjacent to an activating group) is 1. The number of aromatic nitrogens is 2. The van der Waals surface area contributed by atoms with Gasteiger partial charge in [0.1, 0.15) is 17.9 Å². The molecule has 2 heterocycles. The molecule has 0 saturated heterocycles. The molecule has 0 spiro atoms. The van der Waals surface area contributed by atoms with Crippen molar-refractivity contribution in [2.45, 2.75) is 96.7 Å². The zero-order chi connectivity index (χ0) is 38.7. The van der Waals surface area contributed by atoms with E-state index < -0.39 is 12.1 Å². The van der Waals surface area contributed by atoms with Gasteiger partial charge in [-0.15, -0.1) is 0 Å². The minimum Gasteiger partial charge on any atom is -0.383 e. The molecule has 54 heavy (non-hydrogen) atoms. The van der Waals surface area contributed by atoms with Crippen molar-refractivity contribution in [3.8, 4) is 22.5 Å². The number of fused-ring (bicyclic) bond motifs is 2. The number of carbonyl (C=O) groups excluding carboxylic acids is 2. The number of nitrogens with zero attached hydrogens (tertiary/aromatic N) is 3. The summed E-state index contributed by atoms with van der Waals surface area (Å²) in [5.41, 5.74) is 31.0. The summed E-state index contributed by atoms with van der Waals surface area (Å²) in [5, 5.41) is 6.16. The first-order valence-corrected chi connectivity index (χ1v) is 19.3. The van der Waals surface area contributed by atoms with Crippen LogP contribution in [0, 0.1) is 13.8 Å². The monoisotopic (exact) mass is 728 g/mol. The summed E-state index contributed by atoms with van der Waals surface area (Å²) in [6.07, 6.45) is 5.53. The maximum Gasteiger partial charge on any atom is 0.247 e. The molecular formula is C44H56N8O2. The molecule has 0 radical (unpaired) electrons. The number of nitrogens with two attached hydrogens (primary N) is 3. The highest BCUT2D eigenvalue weighted by molar-refractivity contribution is 5.91. The lowest BCUT2D eigenvalue weighted by molar-refractivity contribution is -0.131. The van der Waals surface area contributed by atoms with Crippen LogP contribution in [0.25, 0.3) is 22.5 Å². The van der Waals surface area contributed by atoms with Crippen LogP contribution in [0.15, 0.2) is 66.9 Å². The van der Waals surface area contributed by atoms with Crippen molar-refractivity contribution in [3.05, 3.63) is 112 Å². The first-order chi connectivity index (χ1) is 25.9. The molecule has 2 amide bonds. The van der Waals surface area contributed by atoms with E-state index in [0.717, 1.165) is 71.2 Å². The fraction of sp³-hybridized carbons (Fsp3) is 0.409. The minimum atomic E-state index is -0.796. The van der Waals surface area contributed by atoms with E-state index in [1.165, 1.54) is 22.3 Å². The lowest BCUT2D eigenvalue weighted by atomic mass is 9.85. The molecule has 4 bridgehead atoms. The average Bonchev–Trinajstić information content (AvgIpc) is 3.44. The number of carbonyl (C=O) groups is 2. The summed E-state index contributed by atoms with van der Waals surface area (Å²) in [7, 11) is 1.88. The molecule has 4 aromatic rings. The normalized spacial score (nSPS) is 19.3. The summed E-state index contributed by atoms with van der Waals surface area (Å²) in [6.45, 7) is 13.4. The highest BCUT2D eigenvalue weighted by Gasteiger charge is 2.36. The Labute approximate surface area is 320 Å². The number of anilines is 1. The molecular weight excluding hydrogens is 673 g/mol. The van der Waals surface area contributed by atoms with Crippen molar-refractivity contribution in [2.75, 3.05) is 25.9 Å². The van der Waals surface area contributed by atoms with Crippen molar-refractivity contribution < 1.29 is 9.59 Å². The zero-order valence-corrected chi connectivity index (χ0v) is 32.5. The highest BCUT2D eigenvalue weighted by atomic mass is 16.2. The topological polar surface area (TPSA) is 165 Å². The van der Waals surface area contributed by atoms with E-state index >= 15 is 0 Å². The summed E-state index contributed by atoms with van der Waals surface area (Å²) < 4.78 is 0. The molecule has 8 N–H and O–H groups in total. The van der Waals surface area contributed by atoms with Crippen LogP contribution in [0.1, 0.15) is 96.1 Å². The quantitative estimate of drug-likeness (QED) is 0.115. The number of benzene rings is 3. The van der Waals surface area contributed by atoms with Crippen molar-refractivity contribution in [3.63, 3.8) is 0 Å². The van der Waals surface area contributed by atoms with Gasteiger partial charge in [-0.25, -0.2) is 9.97 Å². The molecule has 1 aliphatic heterocycles. The Morgan fingerprint density at radius 1 is 0.907 bits per heavy atom. The van der Waals surface area contributed by atoms with Crippen molar-refractivity contribution in [1.82, 2.24) is 25.5 Å². The van der Waals surface area contributed by atoms with E-state index in [4.69, 9.17) is 27.2 Å². The van der Waals surface area contributed by atoms with E-state index in [1.54, 1.807) is 6.92 Å². The van der Waals surface area contributed by atoms with Gasteiger partial charge in [-0.3, -0.25) is 9.59 Å². The molecule has 1 aromatic heterocycles. The molecule has 284 valence electrons. The van der Waals surface area contributed by atoms with Crippen LogP contribution in [0.2, 0.25) is 0 Å². The molecule has 2 aliphatic rings. The molecule has 3 aromatic carbocycles. The number of hydrogen-bond acceptors (Lipinski definition) is 8. The average molecular weight is 729 g/mol. The van der Waals surface area contributed by atoms with E-state index in [1.807, 2.05) is 57.0 Å². The van der Waals surface area contributed by atoms with Gasteiger partial charge in [-0.05, 0) is 130 Å². The Morgan fingerprint density at radius 2 is 1.67 bits per heavy atom. The van der Waals surface area contributed by atoms with Crippen LogP contribution >= 0.6 is 0 Å². The molecule has 10 heteroatoms. The van der Waals surface area contributed by atoms with E-state index in [2.05, 4.69) is 47.5 Å². The van der Waals surface area contributed by atoms with Crippen LogP contribution in [0.4, 0.5) is 5.82 Å². The summed E-state index contributed by atoms with van der Waals surface area (Å²) in [5.74, 6) is 0.633. The SMILES string of the molecule is C=C(Cc1c(C)nc(-c2ccccc2C)nc1N)N(C)C1C(=O)N[C@@H](C)C(=O)NC(C)Cc2ccc3c(c2)-c2cc1cc(CCCCN)c2C3CCCN. The summed E-state index contributed by atoms with van der Waals surface area (Å²) in [4.78, 5) is 39.5. The fourth-order valence-corrected chi connectivity index (χ4v) is 8.22. The number of aryl methyl sites for hydroxylation is 3. The molecule has 3 unspecified atom stereocenters. The zero-order valence-electron chi connectivity index (χ0n) is 32.5. The first-order valence-electron chi connectivity index (χ1n) is 19.3. The molecule has 4 atom stereocenters. The van der Waals surface area contributed by atoms with Crippen molar-refractivity contribution >= 4 is 17.6 Å². The van der Waals surface area contributed by atoms with Crippen LogP contribution in [-0.4, -0.2) is 58.9 Å². The van der Waals surface area contributed by atoms with Gasteiger partial charge in [-0.1, -0.05) is 55.1 Å². The third-order valence-corrected chi connectivity index (χ3v) is 11.2. The number of rotatable bonds is 12. The van der Waals surface area contributed by atoms with Crippen molar-refractivity contribution in [2.24, 2.45) is 11.5 Å². The predicted molar refractivity (Wildman–Crippen MR) is 218 cm³/mol. The second-order valence-electron chi connectivity index (χ2n) is 15.2. The first kappa shape index (κ1) is 38.7. The lowest BCUT2D eigenvalue weighted by Crippen LogP contribution is -2.50. The third-order valence-electron chi connectivity index (χ3n) is 11.2. The minimum absolute atomic E-state index is 0.128. The Morgan fingerprint density at radius 3 is 2.39 bits per heavy atom. The Bertz CT molecular complexity index is 2040. The molecule has 6 rings (SSSR count). The molecule has 10 nitrogen and oxygen atoms in total. The number of nitrogen functional groups attached to an aromatic ring is 1. The fourth-order valence-electron chi connectivity index (χ4n) is 8.22. The Balaban J connectivity index is 1.46. The second-order valence-corrected chi connectivity index (χ2v) is 15.2. The van der Waals surface area contributed by atoms with Crippen LogP contribution < -0.4 is 27.8 Å². The molecule has 1 aliphatic carbocycles. The third kappa shape index (κ3) is 7.91. The number of allylic oxidation sites excluding steroid dienone is 1. The van der Waals surface area contributed by atoms with Gasteiger partial charge in [0.2, 0.25) is 11.8 Å². The van der Waals surface area contributed by atoms with Gasteiger partial charge in [0, 0.05) is 47.9 Å². The van der Waals surface area contributed by atoms with Crippen molar-refractivity contribution in [1.29, 1.82) is 0 Å². The predicted octanol–water partition coefficient (Wildman–Crippen LogP) is 5.77. The number of nitrogens with one attached hydrogen (secondary N) is 2. The van der Waals surface area contributed by atoms with Gasteiger partial charge in [0.05, 0.1) is 0 Å². The van der Waals surface area contributed by atoms with E-state index in [-0.39, 0.29) is 23.8 Å². The maximum absolute atomic E-state index is 14.6. The molecule has 0 saturated carbocycles. The largest absolute Gasteiger partial charge is 0.383 e. The number of hydrogen-bond donors (Lipinski definition) is 5. The van der Waals surface area contributed by atoms with Crippen LogP contribution in [0.3, 0.4) is 0 Å². The molecule has 0 fully saturated rings. The van der Waals surface area contributed by atoms with Crippen LogP contribution in [-0.2, 0) is 28.9 Å². The number of amides is 2. The van der Waals surface area contributed by atoms with Gasteiger partial charge in [-0.2, -0.15) is 0 Å². The summed E-state index contributed by atoms with van der Waals surface area (Å²) >= 11 is 0. The highest BCUT2D eigenvalue weighted by Crippen LogP contribution is 2.50. The smallest absolute Gasteiger partial charge is 0.247 e. The van der Waals surface area contributed by atoms with Gasteiger partial charge in [0.15, 0.2) is 5.82 Å². The maximum atomic E-state index is 14.6. The van der Waals surface area contributed by atoms with Gasteiger partial charge < -0.3 is 32.7 Å². The standard InChI is InChI=1S/C44H56N8O2/c1-25-12-7-8-14-33(25)42-49-28(4)36(41(47)51-42)21-27(3)52(6)40-32-23-31(13-9-10-18-45)39-35(15-11-19-46)34-17-16-30(22-37(34)38(39)24-32)20-26(2)48-43(53)29(5)50-44(40)54/h7-8,12,14,16-17,22-24,26,29,35,40H,3,9-11,13,15,18-21,45-46H2,1-2,4-6H3,(H,48,53)(H,50,54)(H2,47,49,51)/t26?,29-,35?,40?/m0/s1. The summed E-state index contributed by atoms with van der Waals surface area (Å²) in [6, 6.07) is 17.4. The Kier molecular flexibility index (Phi) is 11.8. The second kappa shape index (κ2) is 16.5. The van der Waals surface area contributed by atoms with Crippen LogP contribution in [0.5, 0.6) is 0 Å². The number of unbranched alkanes of at least 4 members (excludes halogenated alkanes) is 1. The Hall–Kier alpha value is -5.06. The van der Waals surface area contributed by atoms with E-state index in [9.17, 15) is 9.59 Å².